The molecule has 0 bridgehead atoms. The molecule has 3 nitrogen and oxygen atoms in total. The van der Waals surface area contributed by atoms with Crippen LogP contribution in [0.2, 0.25) is 0 Å². The Kier molecular flexibility index (Phi) is 3.84. The smallest absolute Gasteiger partial charge is 0.143 e. The van der Waals surface area contributed by atoms with Gasteiger partial charge in [-0.05, 0) is 25.0 Å². The third-order valence-corrected chi connectivity index (χ3v) is 4.65. The summed E-state index contributed by atoms with van der Waals surface area (Å²) in [6, 6.07) is 4.51. The summed E-state index contributed by atoms with van der Waals surface area (Å²) in [6.07, 6.45) is 0.806. The first-order chi connectivity index (χ1) is 8.19. The van der Waals surface area contributed by atoms with Gasteiger partial charge in [0, 0.05) is 30.3 Å². The predicted molar refractivity (Wildman–Crippen MR) is 72.3 cm³/mol. The molecule has 1 N–H and O–H groups in total. The first kappa shape index (κ1) is 12.6. The minimum absolute atomic E-state index is 0.235. The lowest BCUT2D eigenvalue weighted by atomic mass is 10.1. The van der Waals surface area contributed by atoms with Crippen LogP contribution in [0.1, 0.15) is 12.0 Å². The topological polar surface area (TPSA) is 32.7 Å². The van der Waals surface area contributed by atoms with Crippen LogP contribution in [0.3, 0.4) is 0 Å². The highest BCUT2D eigenvalue weighted by Crippen LogP contribution is 2.45. The van der Waals surface area contributed by atoms with Crippen molar-refractivity contribution in [2.24, 2.45) is 0 Å². The van der Waals surface area contributed by atoms with Gasteiger partial charge in [0.1, 0.15) is 5.75 Å². The SMILES string of the molecule is COc1ccc(C)c2c1N(C)C(CCO)CS2. The number of benzene rings is 1. The van der Waals surface area contributed by atoms with Gasteiger partial charge in [-0.25, -0.2) is 0 Å². The van der Waals surface area contributed by atoms with Crippen LogP contribution in [0, 0.1) is 6.92 Å². The zero-order valence-electron chi connectivity index (χ0n) is 10.6. The van der Waals surface area contributed by atoms with Gasteiger partial charge in [0.2, 0.25) is 0 Å². The van der Waals surface area contributed by atoms with Crippen LogP contribution in [0.25, 0.3) is 0 Å². The number of ether oxygens (including phenoxy) is 1. The standard InChI is InChI=1S/C13H19NO2S/c1-9-4-5-11(16-3)12-13(9)17-8-10(6-7-15)14(12)2/h4-5,10,15H,6-8H2,1-3H3. The minimum atomic E-state index is 0.235. The number of methoxy groups -OCH3 is 1. The highest BCUT2D eigenvalue weighted by Gasteiger charge is 2.27. The van der Waals surface area contributed by atoms with Gasteiger partial charge in [0.25, 0.3) is 0 Å². The van der Waals surface area contributed by atoms with Crippen LogP contribution in [-0.4, -0.2) is 37.7 Å². The Hall–Kier alpha value is -0.870. The van der Waals surface area contributed by atoms with E-state index in [1.54, 1.807) is 7.11 Å². The molecule has 17 heavy (non-hydrogen) atoms. The summed E-state index contributed by atoms with van der Waals surface area (Å²) < 4.78 is 5.45. The Morgan fingerprint density at radius 2 is 2.29 bits per heavy atom. The lowest BCUT2D eigenvalue weighted by Gasteiger charge is -2.37. The molecule has 1 unspecified atom stereocenters. The zero-order valence-corrected chi connectivity index (χ0v) is 11.4. The quantitative estimate of drug-likeness (QED) is 0.896. The summed E-state index contributed by atoms with van der Waals surface area (Å²) in [5.74, 6) is 1.95. The van der Waals surface area contributed by atoms with Crippen LogP contribution in [0.5, 0.6) is 5.75 Å². The highest BCUT2D eigenvalue weighted by molar-refractivity contribution is 7.99. The maximum Gasteiger partial charge on any atom is 0.143 e. The fourth-order valence-corrected chi connectivity index (χ4v) is 3.66. The van der Waals surface area contributed by atoms with Crippen LogP contribution >= 0.6 is 11.8 Å². The maximum absolute atomic E-state index is 9.10. The Balaban J connectivity index is 2.42. The molecule has 0 aromatic heterocycles. The van der Waals surface area contributed by atoms with Crippen molar-refractivity contribution in [3.8, 4) is 5.75 Å². The van der Waals surface area contributed by atoms with Crippen molar-refractivity contribution in [1.82, 2.24) is 0 Å². The molecule has 2 rings (SSSR count). The van der Waals surface area contributed by atoms with Gasteiger partial charge in [0.05, 0.1) is 12.8 Å². The lowest BCUT2D eigenvalue weighted by molar-refractivity contribution is 0.277. The molecule has 1 aromatic rings. The highest BCUT2D eigenvalue weighted by atomic mass is 32.2. The average Bonchev–Trinajstić information content (AvgIpc) is 2.34. The van der Waals surface area contributed by atoms with Crippen LogP contribution in [-0.2, 0) is 0 Å². The summed E-state index contributed by atoms with van der Waals surface area (Å²) in [7, 11) is 3.79. The molecular formula is C13H19NO2S. The number of rotatable bonds is 3. The van der Waals surface area contributed by atoms with E-state index in [2.05, 4.69) is 24.9 Å². The van der Waals surface area contributed by atoms with Crippen molar-refractivity contribution in [1.29, 1.82) is 0 Å². The van der Waals surface area contributed by atoms with Crippen molar-refractivity contribution in [3.63, 3.8) is 0 Å². The van der Waals surface area contributed by atoms with E-state index in [-0.39, 0.29) is 6.61 Å². The fourth-order valence-electron chi connectivity index (χ4n) is 2.23. The van der Waals surface area contributed by atoms with Gasteiger partial charge in [-0.15, -0.1) is 11.8 Å². The predicted octanol–water partition coefficient (Wildman–Crippen LogP) is 2.30. The molecule has 1 heterocycles. The van der Waals surface area contributed by atoms with Gasteiger partial charge < -0.3 is 14.7 Å². The molecule has 0 aliphatic carbocycles. The first-order valence-corrected chi connectivity index (χ1v) is 6.81. The van der Waals surface area contributed by atoms with Gasteiger partial charge >= 0.3 is 0 Å². The summed E-state index contributed by atoms with van der Waals surface area (Å²) in [5, 5.41) is 9.10. The largest absolute Gasteiger partial charge is 0.495 e. The molecule has 0 fully saturated rings. The van der Waals surface area contributed by atoms with E-state index >= 15 is 0 Å². The van der Waals surface area contributed by atoms with Gasteiger partial charge in [-0.3, -0.25) is 0 Å². The summed E-state index contributed by atoms with van der Waals surface area (Å²) in [5.41, 5.74) is 2.46. The number of hydrogen-bond acceptors (Lipinski definition) is 4. The molecule has 4 heteroatoms. The minimum Gasteiger partial charge on any atom is -0.495 e. The van der Waals surface area contributed by atoms with Crippen LogP contribution in [0.15, 0.2) is 17.0 Å². The number of aryl methyl sites for hydroxylation is 1. The third-order valence-electron chi connectivity index (χ3n) is 3.29. The van der Waals surface area contributed by atoms with E-state index in [4.69, 9.17) is 9.84 Å². The summed E-state index contributed by atoms with van der Waals surface area (Å²) in [6.45, 7) is 2.37. The molecule has 1 atom stereocenters. The molecule has 0 radical (unpaired) electrons. The number of fused-ring (bicyclic) bond motifs is 1. The van der Waals surface area contributed by atoms with E-state index < -0.39 is 0 Å². The van der Waals surface area contributed by atoms with Gasteiger partial charge in [-0.2, -0.15) is 0 Å². The Morgan fingerprint density at radius 1 is 1.53 bits per heavy atom. The molecule has 1 aromatic carbocycles. The van der Waals surface area contributed by atoms with E-state index in [1.807, 2.05) is 17.8 Å². The van der Waals surface area contributed by atoms with E-state index in [9.17, 15) is 0 Å². The second-order valence-electron chi connectivity index (χ2n) is 4.35. The normalized spacial score (nSPS) is 19.1. The van der Waals surface area contributed by atoms with Crippen molar-refractivity contribution < 1.29 is 9.84 Å². The molecular weight excluding hydrogens is 234 g/mol. The molecule has 0 saturated carbocycles. The summed E-state index contributed by atoms with van der Waals surface area (Å²) >= 11 is 1.86. The lowest BCUT2D eigenvalue weighted by Crippen LogP contribution is -2.37. The number of aliphatic hydroxyl groups is 1. The second-order valence-corrected chi connectivity index (χ2v) is 5.38. The monoisotopic (exact) mass is 253 g/mol. The number of thioether (sulfide) groups is 1. The Morgan fingerprint density at radius 3 is 2.94 bits per heavy atom. The van der Waals surface area contributed by atoms with Crippen LogP contribution < -0.4 is 9.64 Å². The fraction of sp³-hybridized carbons (Fsp3) is 0.538. The van der Waals surface area contributed by atoms with E-state index in [0.29, 0.717) is 6.04 Å². The molecule has 1 aliphatic heterocycles. The molecule has 0 saturated heterocycles. The Labute approximate surface area is 107 Å². The summed E-state index contributed by atoms with van der Waals surface area (Å²) in [4.78, 5) is 3.55. The van der Waals surface area contributed by atoms with Crippen molar-refractivity contribution >= 4 is 17.4 Å². The molecule has 1 aliphatic rings. The number of aliphatic hydroxyl groups excluding tert-OH is 1. The van der Waals surface area contributed by atoms with E-state index in [0.717, 1.165) is 17.9 Å². The molecule has 94 valence electrons. The number of anilines is 1. The third kappa shape index (κ3) is 2.24. The first-order valence-electron chi connectivity index (χ1n) is 5.83. The molecule has 0 amide bonds. The second kappa shape index (κ2) is 5.19. The number of hydrogen-bond donors (Lipinski definition) is 1. The Bertz CT molecular complexity index is 409. The van der Waals surface area contributed by atoms with Crippen molar-refractivity contribution in [3.05, 3.63) is 17.7 Å². The van der Waals surface area contributed by atoms with Gasteiger partial charge in [-0.1, -0.05) is 6.07 Å². The average molecular weight is 253 g/mol. The van der Waals surface area contributed by atoms with Gasteiger partial charge in [0.15, 0.2) is 0 Å². The number of nitrogens with zero attached hydrogens (tertiary/aromatic N) is 1. The van der Waals surface area contributed by atoms with Crippen molar-refractivity contribution in [2.45, 2.75) is 24.3 Å². The van der Waals surface area contributed by atoms with E-state index in [1.165, 1.54) is 16.1 Å². The maximum atomic E-state index is 9.10. The molecule has 0 spiro atoms. The van der Waals surface area contributed by atoms with Crippen LogP contribution in [0.4, 0.5) is 5.69 Å². The van der Waals surface area contributed by atoms with Crippen molar-refractivity contribution in [2.75, 3.05) is 31.4 Å². The zero-order chi connectivity index (χ0) is 12.4.